The maximum Gasteiger partial charge on any atom is 0.365 e. The summed E-state index contributed by atoms with van der Waals surface area (Å²) in [5.41, 5.74) is 3.01. The minimum absolute atomic E-state index is 0.420. The molecule has 0 aliphatic carbocycles. The van der Waals surface area contributed by atoms with Crippen molar-refractivity contribution in [2.24, 2.45) is 0 Å². The van der Waals surface area contributed by atoms with Gasteiger partial charge in [-0.2, -0.15) is 0 Å². The van der Waals surface area contributed by atoms with Gasteiger partial charge in [0, 0.05) is 10.7 Å². The molecule has 0 fully saturated rings. The largest absolute Gasteiger partial charge is 0.394 e. The van der Waals surface area contributed by atoms with Gasteiger partial charge in [0.05, 0.1) is 6.07 Å². The maximum atomic E-state index is 12.4. The van der Waals surface area contributed by atoms with Crippen molar-refractivity contribution in [2.75, 3.05) is 5.73 Å². The van der Waals surface area contributed by atoms with E-state index in [2.05, 4.69) is 4.98 Å². The van der Waals surface area contributed by atoms with Crippen LogP contribution >= 0.6 is 10.7 Å². The summed E-state index contributed by atoms with van der Waals surface area (Å²) in [4.78, 5) is 11.2. The molecule has 0 spiro atoms. The highest BCUT2D eigenvalue weighted by Gasteiger charge is 2.30. The van der Waals surface area contributed by atoms with Crippen LogP contribution in [0.2, 0.25) is 0 Å². The first-order chi connectivity index (χ1) is 7.64. The Hall–Kier alpha value is -1.55. The number of alkyl halides is 2. The molecule has 0 bridgehead atoms. The van der Waals surface area contributed by atoms with E-state index in [-0.39, 0.29) is 0 Å². The van der Waals surface area contributed by atoms with Crippen LogP contribution in [0, 0.1) is 10.1 Å². The summed E-state index contributed by atoms with van der Waals surface area (Å²) in [7, 11) is 0.438. The highest BCUT2D eigenvalue weighted by atomic mass is 35.7. The Morgan fingerprint density at radius 1 is 1.53 bits per heavy atom. The number of pyridine rings is 1. The van der Waals surface area contributed by atoms with E-state index >= 15 is 0 Å². The Bertz CT molecular complexity index is 577. The van der Waals surface area contributed by atoms with Gasteiger partial charge in [-0.15, -0.1) is 0 Å². The normalized spacial score (nSPS) is 11.8. The van der Waals surface area contributed by atoms with Crippen LogP contribution in [0.5, 0.6) is 0 Å². The first kappa shape index (κ1) is 13.5. The summed E-state index contributed by atoms with van der Waals surface area (Å²) in [6.07, 6.45) is -3.26. The van der Waals surface area contributed by atoms with E-state index in [1.54, 1.807) is 0 Å². The molecule has 0 saturated carbocycles. The highest BCUT2D eigenvalue weighted by molar-refractivity contribution is 8.13. The number of nitrogen functional groups attached to an aromatic ring is 1. The fourth-order valence-electron chi connectivity index (χ4n) is 0.999. The molecule has 0 unspecified atom stereocenters. The van der Waals surface area contributed by atoms with Gasteiger partial charge in [-0.25, -0.2) is 17.2 Å². The minimum atomic E-state index is -4.48. The van der Waals surface area contributed by atoms with Crippen LogP contribution in [0.4, 0.5) is 20.3 Å². The number of hydrogen-bond donors (Lipinski definition) is 1. The van der Waals surface area contributed by atoms with Gasteiger partial charge < -0.3 is 15.8 Å². The summed E-state index contributed by atoms with van der Waals surface area (Å²) in [5.74, 6) is -1.08. The summed E-state index contributed by atoms with van der Waals surface area (Å²) in [6.45, 7) is 0. The fourth-order valence-corrected chi connectivity index (χ4v) is 2.00. The number of rotatable bonds is 3. The quantitative estimate of drug-likeness (QED) is 0.511. The van der Waals surface area contributed by atoms with Crippen molar-refractivity contribution in [2.45, 2.75) is 11.3 Å². The summed E-state index contributed by atoms with van der Waals surface area (Å²) >= 11 is 0. The Labute approximate surface area is 97.8 Å². The van der Waals surface area contributed by atoms with Gasteiger partial charge in [-0.05, 0) is 9.91 Å². The topological polar surface area (TPSA) is 116 Å². The van der Waals surface area contributed by atoms with Crippen molar-refractivity contribution in [1.29, 1.82) is 0 Å². The lowest BCUT2D eigenvalue weighted by molar-refractivity contribution is -0.389. The number of nitrogens with zero attached hydrogens (tertiary/aromatic N) is 2. The average molecular weight is 288 g/mol. The van der Waals surface area contributed by atoms with Gasteiger partial charge >= 0.3 is 12.2 Å². The number of nitrogens with two attached hydrogens (primary N) is 1. The van der Waals surface area contributed by atoms with Crippen molar-refractivity contribution >= 4 is 31.2 Å². The summed E-state index contributed by atoms with van der Waals surface area (Å²) in [6, 6.07) is 0.420. The molecule has 1 heterocycles. The lowest BCUT2D eigenvalue weighted by Gasteiger charge is -2.04. The van der Waals surface area contributed by atoms with Crippen molar-refractivity contribution in [3.63, 3.8) is 0 Å². The zero-order chi connectivity index (χ0) is 13.4. The number of hydrogen-bond acceptors (Lipinski definition) is 6. The lowest BCUT2D eigenvalue weighted by Crippen LogP contribution is -2.07. The van der Waals surface area contributed by atoms with E-state index in [1.807, 2.05) is 0 Å². The molecule has 0 saturated heterocycles. The van der Waals surface area contributed by atoms with Crippen LogP contribution in [-0.2, 0) is 9.05 Å². The first-order valence-corrected chi connectivity index (χ1v) is 6.13. The summed E-state index contributed by atoms with van der Waals surface area (Å²) < 4.78 is 46.9. The van der Waals surface area contributed by atoms with Crippen LogP contribution in [0.1, 0.15) is 12.1 Å². The van der Waals surface area contributed by atoms with Crippen LogP contribution in [0.25, 0.3) is 0 Å². The zero-order valence-electron chi connectivity index (χ0n) is 7.80. The van der Waals surface area contributed by atoms with Gasteiger partial charge in [0.15, 0.2) is 0 Å². The van der Waals surface area contributed by atoms with Crippen molar-refractivity contribution in [3.8, 4) is 0 Å². The molecule has 94 valence electrons. The standard InChI is InChI=1S/C6H4ClF2N3O4S/c7-17(15,16)2-1-3(12(13)14)11-5(4(2)10)6(8)9/h1,6H,10H2. The molecular weight excluding hydrogens is 284 g/mol. The second-order valence-electron chi connectivity index (χ2n) is 2.77. The Morgan fingerprint density at radius 2 is 2.06 bits per heavy atom. The van der Waals surface area contributed by atoms with Gasteiger partial charge in [-0.3, -0.25) is 0 Å². The van der Waals surface area contributed by atoms with Gasteiger partial charge in [0.25, 0.3) is 9.05 Å². The Kier molecular flexibility index (Phi) is 3.48. The predicted molar refractivity (Wildman–Crippen MR) is 53.3 cm³/mol. The van der Waals surface area contributed by atoms with Gasteiger partial charge in [0.2, 0.25) is 5.69 Å². The Balaban J connectivity index is 3.67. The molecule has 7 nitrogen and oxygen atoms in total. The van der Waals surface area contributed by atoms with E-state index in [0.717, 1.165) is 0 Å². The van der Waals surface area contributed by atoms with E-state index in [9.17, 15) is 27.3 Å². The third-order valence-electron chi connectivity index (χ3n) is 1.69. The Morgan fingerprint density at radius 3 is 2.41 bits per heavy atom. The molecule has 0 radical (unpaired) electrons. The van der Waals surface area contributed by atoms with Crippen LogP contribution in [-0.4, -0.2) is 18.3 Å². The number of nitro groups is 1. The number of anilines is 1. The predicted octanol–water partition coefficient (Wildman–Crippen LogP) is 1.44. The molecule has 0 aliphatic heterocycles. The van der Waals surface area contributed by atoms with E-state index < -0.39 is 42.5 Å². The lowest BCUT2D eigenvalue weighted by atomic mass is 10.3. The molecule has 17 heavy (non-hydrogen) atoms. The molecule has 2 N–H and O–H groups in total. The first-order valence-electron chi connectivity index (χ1n) is 3.82. The van der Waals surface area contributed by atoms with Crippen LogP contribution in [0.15, 0.2) is 11.0 Å². The van der Waals surface area contributed by atoms with Crippen molar-refractivity contribution < 1.29 is 22.1 Å². The monoisotopic (exact) mass is 287 g/mol. The fraction of sp³-hybridized carbons (Fsp3) is 0.167. The molecule has 11 heteroatoms. The van der Waals surface area contributed by atoms with Crippen LogP contribution in [0.3, 0.4) is 0 Å². The van der Waals surface area contributed by atoms with Gasteiger partial charge in [-0.1, -0.05) is 0 Å². The molecule has 0 atom stereocenters. The zero-order valence-corrected chi connectivity index (χ0v) is 9.37. The summed E-state index contributed by atoms with van der Waals surface area (Å²) in [5, 5.41) is 10.4. The van der Waals surface area contributed by atoms with E-state index in [1.165, 1.54) is 0 Å². The molecule has 1 aromatic heterocycles. The minimum Gasteiger partial charge on any atom is -0.394 e. The molecule has 0 amide bonds. The third-order valence-corrected chi connectivity index (χ3v) is 3.05. The molecule has 0 aromatic carbocycles. The second kappa shape index (κ2) is 4.37. The number of halogens is 3. The molecular formula is C6H4ClF2N3O4S. The third kappa shape index (κ3) is 2.77. The molecule has 1 rings (SSSR count). The van der Waals surface area contributed by atoms with E-state index in [4.69, 9.17) is 16.4 Å². The molecule has 1 aromatic rings. The maximum absolute atomic E-state index is 12.4. The SMILES string of the molecule is Nc1c(S(=O)(=O)Cl)cc([N+](=O)[O-])nc1C(F)F. The number of aromatic nitrogens is 1. The average Bonchev–Trinajstić information content (AvgIpc) is 2.15. The van der Waals surface area contributed by atoms with Crippen molar-refractivity contribution in [1.82, 2.24) is 4.98 Å². The molecule has 0 aliphatic rings. The second-order valence-corrected chi connectivity index (χ2v) is 5.31. The van der Waals surface area contributed by atoms with E-state index in [0.29, 0.717) is 6.07 Å². The highest BCUT2D eigenvalue weighted by Crippen LogP contribution is 2.33. The van der Waals surface area contributed by atoms with Gasteiger partial charge in [0.1, 0.15) is 10.6 Å². The van der Waals surface area contributed by atoms with Crippen molar-refractivity contribution in [3.05, 3.63) is 21.9 Å². The smallest absolute Gasteiger partial charge is 0.365 e. The van der Waals surface area contributed by atoms with Crippen LogP contribution < -0.4 is 5.73 Å².